The van der Waals surface area contributed by atoms with Gasteiger partial charge in [0.05, 0.1) is 0 Å². The molecule has 17 heavy (non-hydrogen) atoms. The number of rotatable bonds is 2. The summed E-state index contributed by atoms with van der Waals surface area (Å²) < 4.78 is 0.943. The molecular weight excluding hydrogens is 278 g/mol. The van der Waals surface area contributed by atoms with Crippen molar-refractivity contribution in [2.45, 2.75) is 6.92 Å². The van der Waals surface area contributed by atoms with Crippen molar-refractivity contribution in [3.8, 4) is 0 Å². The van der Waals surface area contributed by atoms with Gasteiger partial charge in [0.15, 0.2) is 0 Å². The fourth-order valence-electron chi connectivity index (χ4n) is 1.46. The van der Waals surface area contributed by atoms with Gasteiger partial charge in [-0.05, 0) is 36.8 Å². The highest BCUT2D eigenvalue weighted by molar-refractivity contribution is 9.10. The van der Waals surface area contributed by atoms with Gasteiger partial charge in [0.25, 0.3) is 5.91 Å². The molecule has 0 aliphatic carbocycles. The van der Waals surface area contributed by atoms with Crippen molar-refractivity contribution in [2.75, 3.05) is 5.32 Å². The van der Waals surface area contributed by atoms with E-state index >= 15 is 0 Å². The van der Waals surface area contributed by atoms with E-state index in [1.165, 1.54) is 0 Å². The van der Waals surface area contributed by atoms with E-state index in [-0.39, 0.29) is 5.91 Å². The molecule has 0 bridgehead atoms. The van der Waals surface area contributed by atoms with Gasteiger partial charge in [-0.1, -0.05) is 40.2 Å². The second kappa shape index (κ2) is 5.15. The number of anilines is 1. The minimum absolute atomic E-state index is 0.100. The lowest BCUT2D eigenvalue weighted by Crippen LogP contribution is -2.11. The van der Waals surface area contributed by atoms with Gasteiger partial charge in [-0.15, -0.1) is 0 Å². The molecule has 2 aromatic carbocycles. The third-order valence-corrected chi connectivity index (χ3v) is 3.32. The van der Waals surface area contributed by atoms with Crippen molar-refractivity contribution in [2.24, 2.45) is 0 Å². The van der Waals surface area contributed by atoms with E-state index in [4.69, 9.17) is 0 Å². The van der Waals surface area contributed by atoms with E-state index in [2.05, 4.69) is 21.2 Å². The lowest BCUT2D eigenvalue weighted by molar-refractivity contribution is 0.102. The summed E-state index contributed by atoms with van der Waals surface area (Å²) in [4.78, 5) is 11.9. The van der Waals surface area contributed by atoms with Gasteiger partial charge in [0, 0.05) is 15.7 Å². The second-order valence-corrected chi connectivity index (χ2v) is 4.64. The lowest BCUT2D eigenvalue weighted by Gasteiger charge is -2.06. The number of nitrogens with one attached hydrogen (secondary N) is 1. The van der Waals surface area contributed by atoms with Crippen LogP contribution in [0.3, 0.4) is 0 Å². The Labute approximate surface area is 109 Å². The molecule has 0 aliphatic rings. The first kappa shape index (κ1) is 11.9. The highest BCUT2D eigenvalue weighted by Crippen LogP contribution is 2.18. The standard InChI is InChI=1S/C14H12BrNO/c1-10-7-8-11(9-13(10)15)14(17)16-12-5-3-2-4-6-12/h2-9H,1H3,(H,16,17). The van der Waals surface area contributed by atoms with Crippen LogP contribution >= 0.6 is 15.9 Å². The average molecular weight is 290 g/mol. The molecule has 0 aromatic heterocycles. The van der Waals surface area contributed by atoms with Gasteiger partial charge >= 0.3 is 0 Å². The molecule has 3 heteroatoms. The Bertz CT molecular complexity index is 537. The monoisotopic (exact) mass is 289 g/mol. The van der Waals surface area contributed by atoms with E-state index in [1.54, 1.807) is 0 Å². The van der Waals surface area contributed by atoms with Gasteiger partial charge in [0.1, 0.15) is 0 Å². The van der Waals surface area contributed by atoms with Crippen molar-refractivity contribution in [1.29, 1.82) is 0 Å². The minimum atomic E-state index is -0.100. The lowest BCUT2D eigenvalue weighted by atomic mass is 10.1. The van der Waals surface area contributed by atoms with Crippen LogP contribution in [0.5, 0.6) is 0 Å². The molecule has 0 aliphatic heterocycles. The fourth-order valence-corrected chi connectivity index (χ4v) is 1.84. The van der Waals surface area contributed by atoms with Gasteiger partial charge in [-0.2, -0.15) is 0 Å². The van der Waals surface area contributed by atoms with Crippen LogP contribution in [-0.4, -0.2) is 5.91 Å². The Morgan fingerprint density at radius 3 is 2.47 bits per heavy atom. The Hall–Kier alpha value is -1.61. The molecule has 0 fully saturated rings. The number of carbonyl (C=O) groups is 1. The summed E-state index contributed by atoms with van der Waals surface area (Å²) in [5.74, 6) is -0.100. The predicted molar refractivity (Wildman–Crippen MR) is 73.3 cm³/mol. The summed E-state index contributed by atoms with van der Waals surface area (Å²) >= 11 is 3.42. The molecular formula is C14H12BrNO. The molecule has 0 atom stereocenters. The number of halogens is 1. The zero-order chi connectivity index (χ0) is 12.3. The van der Waals surface area contributed by atoms with Crippen LogP contribution in [0.2, 0.25) is 0 Å². The van der Waals surface area contributed by atoms with E-state index in [9.17, 15) is 4.79 Å². The fraction of sp³-hybridized carbons (Fsp3) is 0.0714. The average Bonchev–Trinajstić information content (AvgIpc) is 2.34. The first-order chi connectivity index (χ1) is 8.16. The Kier molecular flexibility index (Phi) is 3.59. The smallest absolute Gasteiger partial charge is 0.255 e. The zero-order valence-electron chi connectivity index (χ0n) is 9.41. The molecule has 0 unspecified atom stereocenters. The number of para-hydroxylation sites is 1. The Balaban J connectivity index is 2.18. The van der Waals surface area contributed by atoms with Gasteiger partial charge in [-0.25, -0.2) is 0 Å². The van der Waals surface area contributed by atoms with Crippen molar-refractivity contribution in [3.63, 3.8) is 0 Å². The van der Waals surface area contributed by atoms with E-state index in [1.807, 2.05) is 55.5 Å². The van der Waals surface area contributed by atoms with Crippen LogP contribution in [0.4, 0.5) is 5.69 Å². The number of amides is 1. The Morgan fingerprint density at radius 2 is 1.82 bits per heavy atom. The van der Waals surface area contributed by atoms with Gasteiger partial charge < -0.3 is 5.32 Å². The van der Waals surface area contributed by atoms with Crippen LogP contribution in [0.15, 0.2) is 53.0 Å². The minimum Gasteiger partial charge on any atom is -0.322 e. The SMILES string of the molecule is Cc1ccc(C(=O)Nc2ccccc2)cc1Br. The molecule has 0 radical (unpaired) electrons. The highest BCUT2D eigenvalue weighted by atomic mass is 79.9. The number of benzene rings is 2. The number of hydrogen-bond acceptors (Lipinski definition) is 1. The van der Waals surface area contributed by atoms with E-state index in [0.717, 1.165) is 15.7 Å². The Morgan fingerprint density at radius 1 is 1.12 bits per heavy atom. The quantitative estimate of drug-likeness (QED) is 0.889. The molecule has 1 N–H and O–H groups in total. The van der Waals surface area contributed by atoms with Crippen molar-refractivity contribution in [1.82, 2.24) is 0 Å². The summed E-state index contributed by atoms with van der Waals surface area (Å²) in [6, 6.07) is 15.0. The van der Waals surface area contributed by atoms with Crippen molar-refractivity contribution < 1.29 is 4.79 Å². The number of carbonyl (C=O) groups excluding carboxylic acids is 1. The summed E-state index contributed by atoms with van der Waals surface area (Å²) in [5, 5.41) is 2.85. The maximum absolute atomic E-state index is 11.9. The van der Waals surface area contributed by atoms with Crippen LogP contribution in [0.25, 0.3) is 0 Å². The maximum Gasteiger partial charge on any atom is 0.255 e. The normalized spacial score (nSPS) is 10.0. The van der Waals surface area contributed by atoms with Crippen molar-refractivity contribution in [3.05, 3.63) is 64.1 Å². The van der Waals surface area contributed by atoms with Gasteiger partial charge in [0.2, 0.25) is 0 Å². The first-order valence-corrected chi connectivity index (χ1v) is 6.08. The molecule has 0 saturated carbocycles. The molecule has 0 heterocycles. The molecule has 0 spiro atoms. The summed E-state index contributed by atoms with van der Waals surface area (Å²) in [7, 11) is 0. The molecule has 0 saturated heterocycles. The van der Waals surface area contributed by atoms with E-state index in [0.29, 0.717) is 5.56 Å². The summed E-state index contributed by atoms with van der Waals surface area (Å²) in [6.45, 7) is 1.99. The maximum atomic E-state index is 11.9. The van der Waals surface area contributed by atoms with Gasteiger partial charge in [-0.3, -0.25) is 4.79 Å². The summed E-state index contributed by atoms with van der Waals surface area (Å²) in [5.41, 5.74) is 2.56. The molecule has 1 amide bonds. The third-order valence-electron chi connectivity index (χ3n) is 2.47. The third kappa shape index (κ3) is 2.94. The molecule has 2 aromatic rings. The van der Waals surface area contributed by atoms with Crippen LogP contribution in [0, 0.1) is 6.92 Å². The molecule has 2 nitrogen and oxygen atoms in total. The zero-order valence-corrected chi connectivity index (χ0v) is 11.0. The van der Waals surface area contributed by atoms with Crippen LogP contribution < -0.4 is 5.32 Å². The number of aryl methyl sites for hydroxylation is 1. The highest BCUT2D eigenvalue weighted by Gasteiger charge is 2.07. The topological polar surface area (TPSA) is 29.1 Å². The largest absolute Gasteiger partial charge is 0.322 e. The predicted octanol–water partition coefficient (Wildman–Crippen LogP) is 4.01. The van der Waals surface area contributed by atoms with Crippen molar-refractivity contribution >= 4 is 27.5 Å². The second-order valence-electron chi connectivity index (χ2n) is 3.78. The first-order valence-electron chi connectivity index (χ1n) is 5.29. The van der Waals surface area contributed by atoms with E-state index < -0.39 is 0 Å². The van der Waals surface area contributed by atoms with Crippen LogP contribution in [0.1, 0.15) is 15.9 Å². The van der Waals surface area contributed by atoms with Crippen LogP contribution in [-0.2, 0) is 0 Å². The number of hydrogen-bond donors (Lipinski definition) is 1. The summed E-state index contributed by atoms with van der Waals surface area (Å²) in [6.07, 6.45) is 0. The molecule has 86 valence electrons. The molecule has 2 rings (SSSR count).